The molecule has 0 bridgehead atoms. The zero-order chi connectivity index (χ0) is 10.9. The van der Waals surface area contributed by atoms with Crippen molar-refractivity contribution in [2.24, 2.45) is 0 Å². The van der Waals surface area contributed by atoms with Gasteiger partial charge in [0.1, 0.15) is 5.82 Å². The highest BCUT2D eigenvalue weighted by atomic mass is 35.5. The van der Waals surface area contributed by atoms with Gasteiger partial charge in [0, 0.05) is 10.6 Å². The third-order valence-corrected chi connectivity index (χ3v) is 2.71. The van der Waals surface area contributed by atoms with Crippen molar-refractivity contribution in [1.82, 2.24) is 0 Å². The van der Waals surface area contributed by atoms with Crippen molar-refractivity contribution >= 4 is 17.6 Å². The van der Waals surface area contributed by atoms with Crippen molar-refractivity contribution in [1.29, 1.82) is 0 Å². The summed E-state index contributed by atoms with van der Waals surface area (Å²) in [4.78, 5) is 10.5. The van der Waals surface area contributed by atoms with Gasteiger partial charge in [0.05, 0.1) is 6.42 Å². The second kappa shape index (κ2) is 3.96. The number of carbonyl (C=O) groups is 1. The van der Waals surface area contributed by atoms with Crippen LogP contribution < -0.4 is 0 Å². The minimum Gasteiger partial charge on any atom is -0.481 e. The van der Waals surface area contributed by atoms with Crippen LogP contribution in [0.2, 0.25) is 5.02 Å². The molecule has 0 aliphatic heterocycles. The molecule has 0 heterocycles. The molecule has 0 saturated heterocycles. The van der Waals surface area contributed by atoms with Gasteiger partial charge in [-0.05, 0) is 31.0 Å². The van der Waals surface area contributed by atoms with Gasteiger partial charge in [0.25, 0.3) is 0 Å². The van der Waals surface area contributed by atoms with E-state index >= 15 is 0 Å². The van der Waals surface area contributed by atoms with E-state index in [1.165, 1.54) is 6.07 Å². The zero-order valence-corrected chi connectivity index (χ0v) is 8.65. The zero-order valence-electron chi connectivity index (χ0n) is 7.90. The van der Waals surface area contributed by atoms with Crippen LogP contribution >= 0.6 is 11.6 Å². The van der Waals surface area contributed by atoms with Gasteiger partial charge < -0.3 is 5.11 Å². The van der Waals surface area contributed by atoms with Gasteiger partial charge in [-0.25, -0.2) is 4.39 Å². The van der Waals surface area contributed by atoms with E-state index in [0.717, 1.165) is 0 Å². The van der Waals surface area contributed by atoms with Crippen molar-refractivity contribution in [2.75, 3.05) is 0 Å². The van der Waals surface area contributed by atoms with Crippen molar-refractivity contribution in [3.05, 3.63) is 33.6 Å². The van der Waals surface area contributed by atoms with Crippen LogP contribution in [-0.4, -0.2) is 11.1 Å². The average molecular weight is 217 g/mol. The Bertz CT molecular complexity index is 388. The van der Waals surface area contributed by atoms with Crippen LogP contribution in [0.15, 0.2) is 6.07 Å². The Labute approximate surface area is 86.3 Å². The second-order valence-corrected chi connectivity index (χ2v) is 3.53. The Balaban J connectivity index is 3.25. The molecule has 0 aliphatic carbocycles. The molecule has 4 heteroatoms. The highest BCUT2D eigenvalue weighted by Crippen LogP contribution is 2.26. The topological polar surface area (TPSA) is 37.3 Å². The SMILES string of the molecule is Cc1c(F)cc(CC(=O)O)c(C)c1Cl. The van der Waals surface area contributed by atoms with Crippen LogP contribution in [0.3, 0.4) is 0 Å². The minimum absolute atomic E-state index is 0.206. The Morgan fingerprint density at radius 2 is 2.07 bits per heavy atom. The van der Waals surface area contributed by atoms with Gasteiger partial charge in [0.15, 0.2) is 0 Å². The monoisotopic (exact) mass is 216 g/mol. The van der Waals surface area contributed by atoms with Gasteiger partial charge in [-0.15, -0.1) is 0 Å². The molecule has 1 rings (SSSR count). The molecular weight excluding hydrogens is 207 g/mol. The molecule has 0 saturated carbocycles. The molecule has 14 heavy (non-hydrogen) atoms. The fraction of sp³-hybridized carbons (Fsp3) is 0.300. The summed E-state index contributed by atoms with van der Waals surface area (Å²) in [7, 11) is 0. The maximum atomic E-state index is 13.2. The van der Waals surface area contributed by atoms with E-state index in [4.69, 9.17) is 16.7 Å². The first-order valence-corrected chi connectivity index (χ1v) is 4.47. The third-order valence-electron chi connectivity index (χ3n) is 2.14. The van der Waals surface area contributed by atoms with E-state index in [2.05, 4.69) is 0 Å². The molecule has 2 nitrogen and oxygen atoms in total. The van der Waals surface area contributed by atoms with Gasteiger partial charge in [-0.2, -0.15) is 0 Å². The summed E-state index contributed by atoms with van der Waals surface area (Å²) in [6.07, 6.45) is -0.206. The van der Waals surface area contributed by atoms with Gasteiger partial charge in [-0.3, -0.25) is 4.79 Å². The molecule has 76 valence electrons. The molecule has 0 amide bonds. The van der Waals surface area contributed by atoms with E-state index in [1.54, 1.807) is 13.8 Å². The van der Waals surface area contributed by atoms with E-state index in [-0.39, 0.29) is 6.42 Å². The lowest BCUT2D eigenvalue weighted by Gasteiger charge is -2.08. The highest BCUT2D eigenvalue weighted by Gasteiger charge is 2.12. The standard InChI is InChI=1S/C10H10ClFO2/c1-5-7(4-9(13)14)3-8(12)6(2)10(5)11/h3H,4H2,1-2H3,(H,13,14). The van der Waals surface area contributed by atoms with Gasteiger partial charge in [0.2, 0.25) is 0 Å². The summed E-state index contributed by atoms with van der Waals surface area (Å²) in [5.74, 6) is -1.45. The number of carboxylic acids is 1. The lowest BCUT2D eigenvalue weighted by molar-refractivity contribution is -0.136. The van der Waals surface area contributed by atoms with E-state index in [9.17, 15) is 9.18 Å². The first kappa shape index (κ1) is 11.0. The van der Waals surface area contributed by atoms with Crippen LogP contribution in [0.5, 0.6) is 0 Å². The molecule has 1 N–H and O–H groups in total. The molecule has 0 aliphatic rings. The lowest BCUT2D eigenvalue weighted by atomic mass is 10.0. The number of hydrogen-bond acceptors (Lipinski definition) is 1. The summed E-state index contributed by atoms with van der Waals surface area (Å²) >= 11 is 5.84. The van der Waals surface area contributed by atoms with Crippen molar-refractivity contribution in [3.63, 3.8) is 0 Å². The molecule has 0 unspecified atom stereocenters. The Hall–Kier alpha value is -1.09. The molecule has 1 aromatic carbocycles. The fourth-order valence-electron chi connectivity index (χ4n) is 1.24. The second-order valence-electron chi connectivity index (χ2n) is 3.15. The number of benzene rings is 1. The maximum Gasteiger partial charge on any atom is 0.307 e. The summed E-state index contributed by atoms with van der Waals surface area (Å²) in [5, 5.41) is 8.88. The van der Waals surface area contributed by atoms with Crippen LogP contribution in [0.25, 0.3) is 0 Å². The molecule has 0 radical (unpaired) electrons. The molecule has 0 aromatic heterocycles. The van der Waals surface area contributed by atoms with Crippen molar-refractivity contribution < 1.29 is 14.3 Å². The van der Waals surface area contributed by atoms with Crippen LogP contribution in [0, 0.1) is 19.7 Å². The largest absolute Gasteiger partial charge is 0.481 e. The predicted octanol–water partition coefficient (Wildman–Crippen LogP) is 2.72. The number of halogens is 2. The number of aliphatic carboxylic acids is 1. The van der Waals surface area contributed by atoms with Crippen LogP contribution in [0.4, 0.5) is 4.39 Å². The molecule has 0 fully saturated rings. The molecule has 0 spiro atoms. The molecule has 0 atom stereocenters. The number of rotatable bonds is 2. The predicted molar refractivity (Wildman–Crippen MR) is 52.2 cm³/mol. The van der Waals surface area contributed by atoms with E-state index < -0.39 is 11.8 Å². The van der Waals surface area contributed by atoms with Crippen LogP contribution in [0.1, 0.15) is 16.7 Å². The van der Waals surface area contributed by atoms with Gasteiger partial charge in [-0.1, -0.05) is 11.6 Å². The molecular formula is C10H10ClFO2. The number of carboxylic acid groups (broad SMARTS) is 1. The first-order valence-electron chi connectivity index (χ1n) is 4.09. The third kappa shape index (κ3) is 2.04. The minimum atomic E-state index is -0.993. The number of hydrogen-bond donors (Lipinski definition) is 1. The lowest BCUT2D eigenvalue weighted by Crippen LogP contribution is -2.04. The smallest absolute Gasteiger partial charge is 0.307 e. The quantitative estimate of drug-likeness (QED) is 0.826. The Kier molecular flexibility index (Phi) is 3.11. The fourth-order valence-corrected chi connectivity index (χ4v) is 1.45. The summed E-state index contributed by atoms with van der Waals surface area (Å²) in [6, 6.07) is 1.23. The molecule has 1 aromatic rings. The van der Waals surface area contributed by atoms with Crippen LogP contribution in [-0.2, 0) is 11.2 Å². The normalized spacial score (nSPS) is 10.3. The summed E-state index contributed by atoms with van der Waals surface area (Å²) in [5.41, 5.74) is 1.41. The maximum absolute atomic E-state index is 13.2. The first-order chi connectivity index (χ1) is 6.43. The van der Waals surface area contributed by atoms with Gasteiger partial charge >= 0.3 is 5.97 Å². The van der Waals surface area contributed by atoms with E-state index in [1.807, 2.05) is 0 Å². The van der Waals surface area contributed by atoms with Crippen molar-refractivity contribution in [3.8, 4) is 0 Å². The Morgan fingerprint density at radius 3 is 2.57 bits per heavy atom. The average Bonchev–Trinajstić information content (AvgIpc) is 2.10. The summed E-state index contributed by atoms with van der Waals surface area (Å²) < 4.78 is 13.2. The Morgan fingerprint density at radius 1 is 1.50 bits per heavy atom. The summed E-state index contributed by atoms with van der Waals surface area (Å²) in [6.45, 7) is 3.25. The highest BCUT2D eigenvalue weighted by molar-refractivity contribution is 6.32. The van der Waals surface area contributed by atoms with E-state index in [0.29, 0.717) is 21.7 Å². The van der Waals surface area contributed by atoms with Crippen molar-refractivity contribution in [2.45, 2.75) is 20.3 Å².